The summed E-state index contributed by atoms with van der Waals surface area (Å²) < 4.78 is 22.8. The lowest BCUT2D eigenvalue weighted by atomic mass is 10.1. The molecule has 0 bridgehead atoms. The van der Waals surface area contributed by atoms with E-state index in [9.17, 15) is 8.42 Å². The number of benzene rings is 1. The average Bonchev–Trinajstić information content (AvgIpc) is 2.12. The highest BCUT2D eigenvalue weighted by atomic mass is 35.5. The molecule has 1 aliphatic heterocycles. The van der Waals surface area contributed by atoms with Crippen molar-refractivity contribution in [1.29, 1.82) is 0 Å². The van der Waals surface area contributed by atoms with Gasteiger partial charge in [-0.3, -0.25) is 0 Å². The molecule has 0 N–H and O–H groups in total. The van der Waals surface area contributed by atoms with Gasteiger partial charge < -0.3 is 0 Å². The lowest BCUT2D eigenvalue weighted by molar-refractivity contribution is 0.553. The van der Waals surface area contributed by atoms with Crippen molar-refractivity contribution in [2.24, 2.45) is 0 Å². The van der Waals surface area contributed by atoms with E-state index >= 15 is 0 Å². The zero-order chi connectivity index (χ0) is 11.2. The Morgan fingerprint density at radius 2 is 1.67 bits per heavy atom. The Kier molecular flexibility index (Phi) is 2.93. The van der Waals surface area contributed by atoms with Crippen LogP contribution in [0, 0.1) is 0 Å². The third-order valence-electron chi connectivity index (χ3n) is 2.48. The predicted octanol–water partition coefficient (Wildman–Crippen LogP) is 3.51. The molecule has 0 amide bonds. The van der Waals surface area contributed by atoms with Gasteiger partial charge in [0.05, 0.1) is 26.1 Å². The first-order valence-electron chi connectivity index (χ1n) is 4.28. The lowest BCUT2D eigenvalue weighted by Gasteiger charge is -2.26. The van der Waals surface area contributed by atoms with E-state index in [0.717, 1.165) is 0 Å². The van der Waals surface area contributed by atoms with E-state index in [1.54, 1.807) is 12.1 Å². The third kappa shape index (κ3) is 1.98. The molecule has 6 heteroatoms. The van der Waals surface area contributed by atoms with Crippen LogP contribution in [0.15, 0.2) is 12.1 Å². The highest BCUT2D eigenvalue weighted by molar-refractivity contribution is 7.93. The van der Waals surface area contributed by atoms with Crippen molar-refractivity contribution in [1.82, 2.24) is 0 Å². The second-order valence-corrected chi connectivity index (χ2v) is 6.94. The van der Waals surface area contributed by atoms with Gasteiger partial charge in [-0.05, 0) is 24.1 Å². The molecule has 1 atom stereocenters. The molecule has 0 radical (unpaired) electrons. The summed E-state index contributed by atoms with van der Waals surface area (Å²) >= 11 is 17.4. The maximum atomic E-state index is 11.4. The van der Waals surface area contributed by atoms with Crippen LogP contribution in [0.5, 0.6) is 0 Å². The largest absolute Gasteiger partial charge is 0.228 e. The summed E-state index contributed by atoms with van der Waals surface area (Å²) in [6.45, 7) is 0. The van der Waals surface area contributed by atoms with Crippen molar-refractivity contribution >= 4 is 44.6 Å². The minimum absolute atomic E-state index is 0.232. The van der Waals surface area contributed by atoms with E-state index in [1.807, 2.05) is 0 Å². The Balaban J connectivity index is 2.47. The molecule has 2 nitrogen and oxygen atoms in total. The average molecular weight is 286 g/mol. The second kappa shape index (κ2) is 3.81. The van der Waals surface area contributed by atoms with Gasteiger partial charge in [0.15, 0.2) is 9.84 Å². The molecule has 1 aromatic rings. The number of hydrogen-bond acceptors (Lipinski definition) is 2. The number of rotatable bonds is 1. The second-order valence-electron chi connectivity index (χ2n) is 3.44. The van der Waals surface area contributed by atoms with Gasteiger partial charge in [-0.2, -0.15) is 0 Å². The van der Waals surface area contributed by atoms with Gasteiger partial charge in [-0.15, -0.1) is 0 Å². The maximum Gasteiger partial charge on any atom is 0.157 e. The molecule has 1 saturated heterocycles. The van der Waals surface area contributed by atoms with E-state index in [1.165, 1.54) is 0 Å². The first-order valence-corrected chi connectivity index (χ1v) is 7.13. The van der Waals surface area contributed by atoms with Crippen molar-refractivity contribution in [3.63, 3.8) is 0 Å². The van der Waals surface area contributed by atoms with E-state index in [0.29, 0.717) is 22.0 Å². The minimum atomic E-state index is -2.98. The highest BCUT2D eigenvalue weighted by Crippen LogP contribution is 2.40. The molecule has 2 rings (SSSR count). The lowest BCUT2D eigenvalue weighted by Crippen LogP contribution is -2.28. The van der Waals surface area contributed by atoms with E-state index in [-0.39, 0.29) is 10.8 Å². The summed E-state index contributed by atoms with van der Waals surface area (Å²) in [5.74, 6) is 0.232. The molecule has 1 heterocycles. The fourth-order valence-electron chi connectivity index (χ4n) is 1.56. The van der Waals surface area contributed by atoms with Gasteiger partial charge in [-0.1, -0.05) is 34.8 Å². The Morgan fingerprint density at radius 3 is 2.00 bits per heavy atom. The van der Waals surface area contributed by atoms with Crippen LogP contribution >= 0.6 is 34.8 Å². The van der Waals surface area contributed by atoms with Gasteiger partial charge in [0.1, 0.15) is 0 Å². The SMILES string of the molecule is O=S1(=O)CCC1c1cc(Cl)c(Cl)c(Cl)c1. The predicted molar refractivity (Wildman–Crippen MR) is 62.6 cm³/mol. The molecule has 1 unspecified atom stereocenters. The van der Waals surface area contributed by atoms with Crippen LogP contribution in [0.4, 0.5) is 0 Å². The van der Waals surface area contributed by atoms with Crippen LogP contribution in [0.3, 0.4) is 0 Å². The minimum Gasteiger partial charge on any atom is -0.228 e. The zero-order valence-corrected chi connectivity index (χ0v) is 10.6. The standard InChI is InChI=1S/C9H7Cl3O2S/c10-6-3-5(4-7(11)9(6)12)8-1-2-15(8,13)14/h3-4,8H,1-2H2. The van der Waals surface area contributed by atoms with Crippen LogP contribution in [0.2, 0.25) is 15.1 Å². The van der Waals surface area contributed by atoms with E-state index in [4.69, 9.17) is 34.8 Å². The van der Waals surface area contributed by atoms with Gasteiger partial charge in [0, 0.05) is 0 Å². The molecular weight excluding hydrogens is 279 g/mol. The summed E-state index contributed by atoms with van der Waals surface area (Å²) in [6.07, 6.45) is 0.622. The first kappa shape index (κ1) is 11.5. The third-order valence-corrected chi connectivity index (χ3v) is 5.85. The fourth-order valence-corrected chi connectivity index (χ4v) is 3.58. The van der Waals surface area contributed by atoms with Crippen molar-refractivity contribution in [3.05, 3.63) is 32.8 Å². The van der Waals surface area contributed by atoms with Gasteiger partial charge in [0.2, 0.25) is 0 Å². The normalized spacial score (nSPS) is 23.5. The summed E-state index contributed by atoms with van der Waals surface area (Å²) in [7, 11) is -2.98. The van der Waals surface area contributed by atoms with Crippen LogP contribution < -0.4 is 0 Å². The molecule has 15 heavy (non-hydrogen) atoms. The molecule has 0 aliphatic carbocycles. The number of hydrogen-bond donors (Lipinski definition) is 0. The molecule has 1 fully saturated rings. The van der Waals surface area contributed by atoms with Crippen LogP contribution in [0.1, 0.15) is 17.2 Å². The van der Waals surface area contributed by atoms with Gasteiger partial charge in [-0.25, -0.2) is 8.42 Å². The van der Waals surface area contributed by atoms with Crippen molar-refractivity contribution in [2.75, 3.05) is 5.75 Å². The van der Waals surface area contributed by atoms with Crippen LogP contribution in [-0.2, 0) is 9.84 Å². The molecular formula is C9H7Cl3O2S. The first-order chi connectivity index (χ1) is 6.92. The summed E-state index contributed by atoms with van der Waals surface area (Å²) in [5, 5.41) is 0.381. The Labute approximate surface area is 103 Å². The quantitative estimate of drug-likeness (QED) is 0.740. The molecule has 1 aromatic carbocycles. The molecule has 82 valence electrons. The van der Waals surface area contributed by atoms with E-state index in [2.05, 4.69) is 0 Å². The summed E-state index contributed by atoms with van der Waals surface area (Å²) in [6, 6.07) is 3.13. The fraction of sp³-hybridized carbons (Fsp3) is 0.333. The summed E-state index contributed by atoms with van der Waals surface area (Å²) in [4.78, 5) is 0. The van der Waals surface area contributed by atoms with Gasteiger partial charge in [0.25, 0.3) is 0 Å². The number of halogens is 3. The topological polar surface area (TPSA) is 34.1 Å². The van der Waals surface area contributed by atoms with Crippen molar-refractivity contribution in [3.8, 4) is 0 Å². The van der Waals surface area contributed by atoms with Gasteiger partial charge >= 0.3 is 0 Å². The molecule has 0 spiro atoms. The van der Waals surface area contributed by atoms with Crippen molar-refractivity contribution in [2.45, 2.75) is 11.7 Å². The Hall–Kier alpha value is 0.0400. The van der Waals surface area contributed by atoms with E-state index < -0.39 is 15.1 Å². The van der Waals surface area contributed by atoms with Crippen LogP contribution in [0.25, 0.3) is 0 Å². The maximum absolute atomic E-state index is 11.4. The Morgan fingerprint density at radius 1 is 1.13 bits per heavy atom. The Bertz CT molecular complexity index is 487. The highest BCUT2D eigenvalue weighted by Gasteiger charge is 2.37. The molecule has 0 aromatic heterocycles. The monoisotopic (exact) mass is 284 g/mol. The molecule has 1 aliphatic rings. The summed E-state index contributed by atoms with van der Waals surface area (Å²) in [5.41, 5.74) is 0.626. The smallest absolute Gasteiger partial charge is 0.157 e. The zero-order valence-electron chi connectivity index (χ0n) is 7.50. The van der Waals surface area contributed by atoms with Crippen molar-refractivity contribution < 1.29 is 8.42 Å². The molecule has 0 saturated carbocycles. The number of sulfone groups is 1. The van der Waals surface area contributed by atoms with Crippen LogP contribution in [-0.4, -0.2) is 14.2 Å².